The summed E-state index contributed by atoms with van der Waals surface area (Å²) in [7, 11) is 0. The third-order valence-corrected chi connectivity index (χ3v) is 3.64. The number of phenolic OH excluding ortho intramolecular Hbond substituents is 2. The summed E-state index contributed by atoms with van der Waals surface area (Å²) in [6.45, 7) is 7.07. The monoisotopic (exact) mass is 272 g/mol. The van der Waals surface area contributed by atoms with Gasteiger partial charge in [-0.05, 0) is 61.5 Å². The van der Waals surface area contributed by atoms with Gasteiger partial charge in [-0.2, -0.15) is 0 Å². The van der Waals surface area contributed by atoms with Crippen LogP contribution in [0.25, 0.3) is 0 Å². The third-order valence-electron chi connectivity index (χ3n) is 3.64. The van der Waals surface area contributed by atoms with Crippen LogP contribution in [0.2, 0.25) is 0 Å². The van der Waals surface area contributed by atoms with E-state index >= 15 is 0 Å². The Morgan fingerprint density at radius 3 is 2.85 bits per heavy atom. The van der Waals surface area contributed by atoms with E-state index in [-0.39, 0.29) is 17.4 Å². The minimum Gasteiger partial charge on any atom is -0.504 e. The predicted octanol–water partition coefficient (Wildman–Crippen LogP) is 2.49. The molecular formula is C16H20N2O2. The molecule has 0 aliphatic carbocycles. The molecule has 1 heterocycles. The maximum absolute atomic E-state index is 9.78. The number of fused-ring (bicyclic) bond motifs is 1. The fraction of sp³-hybridized carbons (Fsp3) is 0.312. The Bertz CT molecular complexity index is 562. The van der Waals surface area contributed by atoms with Gasteiger partial charge in [0.25, 0.3) is 0 Å². The average Bonchev–Trinajstić information content (AvgIpc) is 2.63. The van der Waals surface area contributed by atoms with Gasteiger partial charge in [0, 0.05) is 18.7 Å². The quantitative estimate of drug-likeness (QED) is 0.450. The van der Waals surface area contributed by atoms with Crippen molar-refractivity contribution in [3.8, 4) is 11.5 Å². The summed E-state index contributed by atoms with van der Waals surface area (Å²) in [5.74, 6) is -0.00587. The van der Waals surface area contributed by atoms with E-state index in [4.69, 9.17) is 0 Å². The molecule has 0 bridgehead atoms. The summed E-state index contributed by atoms with van der Waals surface area (Å²) in [6.07, 6.45) is 6.46. The second kappa shape index (κ2) is 6.39. The van der Waals surface area contributed by atoms with Gasteiger partial charge in [0.1, 0.15) is 0 Å². The summed E-state index contributed by atoms with van der Waals surface area (Å²) < 4.78 is 0. The molecule has 0 saturated heterocycles. The molecule has 4 heteroatoms. The SMILES string of the molecule is C=NC=CC(=CC)C1CNCCc2cc(O)c(O)cc21. The van der Waals surface area contributed by atoms with Gasteiger partial charge < -0.3 is 15.5 Å². The van der Waals surface area contributed by atoms with Crippen LogP contribution in [0.3, 0.4) is 0 Å². The fourth-order valence-corrected chi connectivity index (χ4v) is 2.61. The lowest BCUT2D eigenvalue weighted by atomic mass is 9.87. The average molecular weight is 272 g/mol. The van der Waals surface area contributed by atoms with Crippen molar-refractivity contribution >= 4 is 6.72 Å². The molecule has 0 fully saturated rings. The van der Waals surface area contributed by atoms with E-state index in [0.29, 0.717) is 0 Å². The van der Waals surface area contributed by atoms with E-state index < -0.39 is 0 Å². The molecule has 106 valence electrons. The number of phenols is 2. The molecular weight excluding hydrogens is 252 g/mol. The number of aliphatic imine (C=N–C) groups is 1. The molecule has 1 unspecified atom stereocenters. The molecule has 0 amide bonds. The number of benzene rings is 1. The highest BCUT2D eigenvalue weighted by Crippen LogP contribution is 2.36. The van der Waals surface area contributed by atoms with E-state index in [9.17, 15) is 10.2 Å². The lowest BCUT2D eigenvalue weighted by Gasteiger charge is -2.19. The Morgan fingerprint density at radius 2 is 2.15 bits per heavy atom. The first-order valence-electron chi connectivity index (χ1n) is 6.71. The van der Waals surface area contributed by atoms with E-state index in [1.54, 1.807) is 18.3 Å². The topological polar surface area (TPSA) is 64.9 Å². The van der Waals surface area contributed by atoms with Crippen LogP contribution >= 0.6 is 0 Å². The van der Waals surface area contributed by atoms with Crippen LogP contribution in [0.5, 0.6) is 11.5 Å². The van der Waals surface area contributed by atoms with Gasteiger partial charge in [0.15, 0.2) is 11.5 Å². The zero-order valence-corrected chi connectivity index (χ0v) is 11.6. The first-order chi connectivity index (χ1) is 9.67. The highest BCUT2D eigenvalue weighted by Gasteiger charge is 2.22. The van der Waals surface area contributed by atoms with Crippen LogP contribution in [0.1, 0.15) is 24.0 Å². The molecule has 0 saturated carbocycles. The van der Waals surface area contributed by atoms with Crippen LogP contribution in [-0.2, 0) is 6.42 Å². The summed E-state index contributed by atoms with van der Waals surface area (Å²) in [5, 5.41) is 22.8. The molecule has 3 N–H and O–H groups in total. The molecule has 0 aromatic heterocycles. The maximum atomic E-state index is 9.78. The van der Waals surface area contributed by atoms with Gasteiger partial charge >= 0.3 is 0 Å². The number of hydrogen-bond acceptors (Lipinski definition) is 4. The zero-order chi connectivity index (χ0) is 14.5. The van der Waals surface area contributed by atoms with Gasteiger partial charge in [0.2, 0.25) is 0 Å². The van der Waals surface area contributed by atoms with E-state index in [1.165, 1.54) is 0 Å². The molecule has 0 spiro atoms. The molecule has 1 aliphatic rings. The molecule has 1 atom stereocenters. The maximum Gasteiger partial charge on any atom is 0.157 e. The van der Waals surface area contributed by atoms with Gasteiger partial charge in [-0.25, -0.2) is 0 Å². The van der Waals surface area contributed by atoms with Gasteiger partial charge in [-0.1, -0.05) is 6.08 Å². The summed E-state index contributed by atoms with van der Waals surface area (Å²) >= 11 is 0. The number of rotatable bonds is 3. The molecule has 0 radical (unpaired) electrons. The van der Waals surface area contributed by atoms with Crippen molar-refractivity contribution in [1.82, 2.24) is 5.32 Å². The molecule has 1 aromatic rings. The number of hydrogen-bond donors (Lipinski definition) is 3. The van der Waals surface area contributed by atoms with Crippen LogP contribution in [0.4, 0.5) is 0 Å². The van der Waals surface area contributed by atoms with Gasteiger partial charge in [-0.3, -0.25) is 4.99 Å². The number of allylic oxidation sites excluding steroid dienone is 2. The zero-order valence-electron chi connectivity index (χ0n) is 11.6. The first kappa shape index (κ1) is 14.3. The van der Waals surface area contributed by atoms with Crippen LogP contribution in [0.15, 0.2) is 41.1 Å². The van der Waals surface area contributed by atoms with Crippen molar-refractivity contribution in [2.45, 2.75) is 19.3 Å². The Hall–Kier alpha value is -2.07. The summed E-state index contributed by atoms with van der Waals surface area (Å²) in [4.78, 5) is 3.75. The van der Waals surface area contributed by atoms with Crippen molar-refractivity contribution in [3.05, 3.63) is 47.2 Å². The van der Waals surface area contributed by atoms with Crippen LogP contribution in [0, 0.1) is 0 Å². The minimum atomic E-state index is -0.0723. The normalized spacial score (nSPS) is 19.6. The lowest BCUT2D eigenvalue weighted by Crippen LogP contribution is -2.21. The van der Waals surface area contributed by atoms with Crippen molar-refractivity contribution in [1.29, 1.82) is 0 Å². The smallest absolute Gasteiger partial charge is 0.157 e. The number of nitrogens with zero attached hydrogens (tertiary/aromatic N) is 1. The summed E-state index contributed by atoms with van der Waals surface area (Å²) in [6, 6.07) is 3.33. The molecule has 20 heavy (non-hydrogen) atoms. The largest absolute Gasteiger partial charge is 0.504 e. The van der Waals surface area contributed by atoms with E-state index in [2.05, 4.69) is 17.0 Å². The highest BCUT2D eigenvalue weighted by atomic mass is 16.3. The molecule has 4 nitrogen and oxygen atoms in total. The minimum absolute atomic E-state index is 0.0604. The molecule has 1 aliphatic heterocycles. The second-order valence-electron chi connectivity index (χ2n) is 4.83. The van der Waals surface area contributed by atoms with Crippen molar-refractivity contribution in [2.24, 2.45) is 4.99 Å². The van der Waals surface area contributed by atoms with Crippen LogP contribution < -0.4 is 5.32 Å². The third kappa shape index (κ3) is 2.91. The Balaban J connectivity index is 2.48. The van der Waals surface area contributed by atoms with Gasteiger partial charge in [0.05, 0.1) is 0 Å². The highest BCUT2D eigenvalue weighted by molar-refractivity contribution is 5.50. The second-order valence-corrected chi connectivity index (χ2v) is 4.83. The van der Waals surface area contributed by atoms with Crippen LogP contribution in [-0.4, -0.2) is 30.0 Å². The van der Waals surface area contributed by atoms with E-state index in [1.807, 2.05) is 19.1 Å². The van der Waals surface area contributed by atoms with Crippen molar-refractivity contribution < 1.29 is 10.2 Å². The van der Waals surface area contributed by atoms with Gasteiger partial charge in [-0.15, -0.1) is 0 Å². The predicted molar refractivity (Wildman–Crippen MR) is 81.5 cm³/mol. The van der Waals surface area contributed by atoms with Crippen molar-refractivity contribution in [3.63, 3.8) is 0 Å². The Kier molecular flexibility index (Phi) is 4.58. The van der Waals surface area contributed by atoms with E-state index in [0.717, 1.165) is 36.2 Å². The molecule has 1 aromatic carbocycles. The molecule has 2 rings (SSSR count). The first-order valence-corrected chi connectivity index (χ1v) is 6.71. The number of nitrogens with one attached hydrogen (secondary N) is 1. The fourth-order valence-electron chi connectivity index (χ4n) is 2.61. The van der Waals surface area contributed by atoms with Crippen molar-refractivity contribution in [2.75, 3.05) is 13.1 Å². The number of aromatic hydroxyl groups is 2. The Morgan fingerprint density at radius 1 is 1.40 bits per heavy atom. The summed E-state index contributed by atoms with van der Waals surface area (Å²) in [5.41, 5.74) is 3.22. The standard InChI is InChI=1S/C16H20N2O2/c1-3-11(4-6-17-2)14-10-18-7-5-12-8-15(19)16(20)9-13(12)14/h3-4,6,8-9,14,18-20H,2,5,7,10H2,1H3. The Labute approximate surface area is 119 Å². The lowest BCUT2D eigenvalue weighted by molar-refractivity contribution is 0.402.